The van der Waals surface area contributed by atoms with Crippen LogP contribution in [0.5, 0.6) is 0 Å². The highest BCUT2D eigenvalue weighted by molar-refractivity contribution is 5.70. The van der Waals surface area contributed by atoms with E-state index in [9.17, 15) is 14.7 Å². The number of carbonyl (C=O) groups excluding carboxylic acids is 2. The van der Waals surface area contributed by atoms with Gasteiger partial charge < -0.3 is 14.6 Å². The molecule has 1 N–H and O–H groups in total. The summed E-state index contributed by atoms with van der Waals surface area (Å²) >= 11 is 0. The van der Waals surface area contributed by atoms with E-state index in [4.69, 9.17) is 9.47 Å². The molecule has 0 bridgehead atoms. The van der Waals surface area contributed by atoms with Crippen molar-refractivity contribution in [3.63, 3.8) is 0 Å². The molecule has 1 atom stereocenters. The van der Waals surface area contributed by atoms with Gasteiger partial charge >= 0.3 is 11.9 Å². The molecule has 0 aromatic heterocycles. The van der Waals surface area contributed by atoms with Gasteiger partial charge in [0.05, 0.1) is 6.61 Å². The molecule has 274 valence electrons. The molecule has 0 rings (SSSR count). The number of aliphatic hydroxyl groups excluding tert-OH is 1. The Kier molecular flexibility index (Phi) is 36.6. The molecule has 0 saturated carbocycles. The van der Waals surface area contributed by atoms with Crippen LogP contribution in [-0.2, 0) is 19.1 Å². The number of hydrogen-bond donors (Lipinski definition) is 1. The number of carbonyl (C=O) groups is 2. The number of hydrogen-bond acceptors (Lipinski definition) is 5. The molecule has 0 spiro atoms. The molecule has 5 nitrogen and oxygen atoms in total. The minimum Gasteiger partial charge on any atom is -0.462 e. The zero-order valence-electron chi connectivity index (χ0n) is 31.0. The Labute approximate surface area is 295 Å². The Bertz CT molecular complexity index is 895. The number of allylic oxidation sites excluding steroid dienone is 12. The van der Waals surface area contributed by atoms with Gasteiger partial charge in [0.1, 0.15) is 6.61 Å². The molecule has 0 aromatic rings. The third-order valence-electron chi connectivity index (χ3n) is 7.98. The van der Waals surface area contributed by atoms with Crippen molar-refractivity contribution in [3.8, 4) is 0 Å². The molecule has 0 aliphatic rings. The van der Waals surface area contributed by atoms with Crippen LogP contribution in [0.15, 0.2) is 72.9 Å². The zero-order valence-corrected chi connectivity index (χ0v) is 31.0. The molecule has 48 heavy (non-hydrogen) atoms. The molecular formula is C43H72O5. The van der Waals surface area contributed by atoms with E-state index in [1.807, 2.05) is 0 Å². The highest BCUT2D eigenvalue weighted by Gasteiger charge is 2.16. The SMILES string of the molecule is CC/C=C\C/C=C\C/C=C\C/C=C\CCCCCCC(=O)OC[C@H](CO)OC(=O)CCCCCCCCC/C=C\C/C=C\CCCCC. The summed E-state index contributed by atoms with van der Waals surface area (Å²) in [6.07, 6.45) is 51.0. The maximum Gasteiger partial charge on any atom is 0.306 e. The van der Waals surface area contributed by atoms with Crippen LogP contribution in [0, 0.1) is 0 Å². The maximum absolute atomic E-state index is 12.2. The fourth-order valence-corrected chi connectivity index (χ4v) is 5.04. The van der Waals surface area contributed by atoms with Crippen LogP contribution in [-0.4, -0.2) is 36.4 Å². The molecule has 0 fully saturated rings. The van der Waals surface area contributed by atoms with Gasteiger partial charge in [0.2, 0.25) is 0 Å². The van der Waals surface area contributed by atoms with Gasteiger partial charge in [0.15, 0.2) is 6.10 Å². The van der Waals surface area contributed by atoms with Crippen LogP contribution in [0.25, 0.3) is 0 Å². The van der Waals surface area contributed by atoms with Crippen molar-refractivity contribution in [1.82, 2.24) is 0 Å². The van der Waals surface area contributed by atoms with Gasteiger partial charge in [-0.1, -0.05) is 145 Å². The van der Waals surface area contributed by atoms with Crippen molar-refractivity contribution in [3.05, 3.63) is 72.9 Å². The van der Waals surface area contributed by atoms with Crippen LogP contribution in [0.1, 0.15) is 168 Å². The van der Waals surface area contributed by atoms with Gasteiger partial charge in [-0.3, -0.25) is 9.59 Å². The summed E-state index contributed by atoms with van der Waals surface area (Å²) < 4.78 is 10.6. The van der Waals surface area contributed by atoms with Gasteiger partial charge in [-0.05, 0) is 83.5 Å². The quantitative estimate of drug-likeness (QED) is 0.0420. The molecule has 0 aliphatic carbocycles. The van der Waals surface area contributed by atoms with Crippen LogP contribution in [0.3, 0.4) is 0 Å². The predicted octanol–water partition coefficient (Wildman–Crippen LogP) is 12.2. The molecule has 0 heterocycles. The predicted molar refractivity (Wildman–Crippen MR) is 205 cm³/mol. The number of rotatable bonds is 34. The van der Waals surface area contributed by atoms with Gasteiger partial charge in [0, 0.05) is 12.8 Å². The first kappa shape index (κ1) is 45.3. The summed E-state index contributed by atoms with van der Waals surface area (Å²) in [4.78, 5) is 24.2. The summed E-state index contributed by atoms with van der Waals surface area (Å²) in [5, 5.41) is 9.55. The number of unbranched alkanes of at least 4 members (excludes halogenated alkanes) is 14. The number of ether oxygens (including phenoxy) is 2. The Morgan fingerprint density at radius 2 is 0.896 bits per heavy atom. The fourth-order valence-electron chi connectivity index (χ4n) is 5.04. The van der Waals surface area contributed by atoms with Crippen molar-refractivity contribution in [2.45, 2.75) is 174 Å². The van der Waals surface area contributed by atoms with Crippen molar-refractivity contribution in [1.29, 1.82) is 0 Å². The topological polar surface area (TPSA) is 72.8 Å². The summed E-state index contributed by atoms with van der Waals surface area (Å²) in [5.41, 5.74) is 0. The Balaban J connectivity index is 3.64. The largest absolute Gasteiger partial charge is 0.462 e. The molecule has 0 unspecified atom stereocenters. The minimum absolute atomic E-state index is 0.0855. The lowest BCUT2D eigenvalue weighted by molar-refractivity contribution is -0.161. The van der Waals surface area contributed by atoms with E-state index in [0.717, 1.165) is 89.9 Å². The smallest absolute Gasteiger partial charge is 0.306 e. The van der Waals surface area contributed by atoms with Gasteiger partial charge in [-0.15, -0.1) is 0 Å². The van der Waals surface area contributed by atoms with Crippen molar-refractivity contribution < 1.29 is 24.2 Å². The van der Waals surface area contributed by atoms with E-state index in [0.29, 0.717) is 12.8 Å². The molecular weight excluding hydrogens is 596 g/mol. The van der Waals surface area contributed by atoms with E-state index in [2.05, 4.69) is 86.8 Å². The lowest BCUT2D eigenvalue weighted by Gasteiger charge is -2.15. The zero-order chi connectivity index (χ0) is 35.0. The van der Waals surface area contributed by atoms with Crippen molar-refractivity contribution in [2.24, 2.45) is 0 Å². The molecule has 0 radical (unpaired) electrons. The average Bonchev–Trinajstić information content (AvgIpc) is 3.09. The fraction of sp³-hybridized carbons (Fsp3) is 0.674. The van der Waals surface area contributed by atoms with Crippen molar-refractivity contribution in [2.75, 3.05) is 13.2 Å². The second kappa shape index (κ2) is 38.8. The van der Waals surface area contributed by atoms with E-state index >= 15 is 0 Å². The van der Waals surface area contributed by atoms with Crippen molar-refractivity contribution >= 4 is 11.9 Å². The third kappa shape index (κ3) is 36.2. The first-order valence-electron chi connectivity index (χ1n) is 19.5. The van der Waals surface area contributed by atoms with Crippen LogP contribution >= 0.6 is 0 Å². The summed E-state index contributed by atoms with van der Waals surface area (Å²) in [5.74, 6) is -0.634. The first-order chi connectivity index (χ1) is 23.6. The summed E-state index contributed by atoms with van der Waals surface area (Å²) in [6.45, 7) is 3.96. The highest BCUT2D eigenvalue weighted by atomic mass is 16.6. The average molecular weight is 669 g/mol. The number of esters is 2. The summed E-state index contributed by atoms with van der Waals surface area (Å²) in [6, 6.07) is 0. The van der Waals surface area contributed by atoms with Gasteiger partial charge in [0.25, 0.3) is 0 Å². The lowest BCUT2D eigenvalue weighted by atomic mass is 10.1. The second-order valence-electron chi connectivity index (χ2n) is 12.6. The third-order valence-corrected chi connectivity index (χ3v) is 7.98. The normalized spacial score (nSPS) is 13.0. The first-order valence-corrected chi connectivity index (χ1v) is 19.5. The Morgan fingerprint density at radius 3 is 1.35 bits per heavy atom. The van der Waals surface area contributed by atoms with E-state index < -0.39 is 6.10 Å². The van der Waals surface area contributed by atoms with E-state index in [1.165, 1.54) is 51.4 Å². The Morgan fingerprint density at radius 1 is 0.500 bits per heavy atom. The van der Waals surface area contributed by atoms with Gasteiger partial charge in [-0.2, -0.15) is 0 Å². The van der Waals surface area contributed by atoms with E-state index in [1.54, 1.807) is 0 Å². The molecule has 0 aromatic carbocycles. The lowest BCUT2D eigenvalue weighted by Crippen LogP contribution is -2.28. The van der Waals surface area contributed by atoms with Crippen LogP contribution in [0.4, 0.5) is 0 Å². The van der Waals surface area contributed by atoms with Crippen LogP contribution < -0.4 is 0 Å². The molecule has 0 aliphatic heterocycles. The van der Waals surface area contributed by atoms with E-state index in [-0.39, 0.29) is 25.2 Å². The standard InChI is InChI=1S/C43H72O5/c1-3-5-7-9-11-13-15-17-19-21-23-25-27-29-31-33-35-37-42(45)47-40-41(39-44)48-43(46)38-36-34-32-30-28-26-24-22-20-18-16-14-12-10-8-6-4-2/h5,7,11-14,17-20,23,25,41,44H,3-4,6,8-10,15-16,21-22,24,26-40H2,1-2H3/b7-5-,13-11-,14-12-,19-17-,20-18-,25-23-/t41-/m0/s1. The number of aliphatic hydroxyl groups is 1. The van der Waals surface area contributed by atoms with Gasteiger partial charge in [-0.25, -0.2) is 0 Å². The maximum atomic E-state index is 12.2. The molecule has 5 heteroatoms. The Hall–Kier alpha value is -2.66. The molecule has 0 saturated heterocycles. The minimum atomic E-state index is -0.789. The molecule has 0 amide bonds. The second-order valence-corrected chi connectivity index (χ2v) is 12.6. The van der Waals surface area contributed by atoms with Crippen LogP contribution in [0.2, 0.25) is 0 Å². The monoisotopic (exact) mass is 669 g/mol. The summed E-state index contributed by atoms with van der Waals surface area (Å²) in [7, 11) is 0. The highest BCUT2D eigenvalue weighted by Crippen LogP contribution is 2.12.